The monoisotopic (exact) mass is 211 g/mol. The Morgan fingerprint density at radius 2 is 1.67 bits per heavy atom. The summed E-state index contributed by atoms with van der Waals surface area (Å²) in [6.45, 7) is 10.7. The first-order valence-electron chi connectivity index (χ1n) is 5.56. The van der Waals surface area contributed by atoms with E-state index in [9.17, 15) is 0 Å². The van der Waals surface area contributed by atoms with Crippen LogP contribution in [-0.4, -0.2) is 41.9 Å². The van der Waals surface area contributed by atoms with Crippen LogP contribution in [0, 0.1) is 0 Å². The van der Waals surface area contributed by atoms with Gasteiger partial charge in [0.05, 0.1) is 0 Å². The van der Waals surface area contributed by atoms with Crippen LogP contribution in [0.3, 0.4) is 0 Å². The van der Waals surface area contributed by atoms with Crippen molar-refractivity contribution in [2.75, 3.05) is 14.1 Å². The minimum atomic E-state index is 0.418. The SMILES string of the molecule is C/C=C\N(/C(=N\C)N(C)C(C)C)C(C)C. The van der Waals surface area contributed by atoms with Gasteiger partial charge in [-0.05, 0) is 34.6 Å². The number of hydrogen-bond donors (Lipinski definition) is 0. The largest absolute Gasteiger partial charge is 0.343 e. The smallest absolute Gasteiger partial charge is 0.200 e. The molecule has 3 nitrogen and oxygen atoms in total. The summed E-state index contributed by atoms with van der Waals surface area (Å²) in [5.74, 6) is 1.01. The predicted molar refractivity (Wildman–Crippen MR) is 68.0 cm³/mol. The normalized spacial score (nSPS) is 13.0. The second-order valence-electron chi connectivity index (χ2n) is 4.21. The highest BCUT2D eigenvalue weighted by atomic mass is 15.4. The van der Waals surface area contributed by atoms with Crippen molar-refractivity contribution in [3.63, 3.8) is 0 Å². The van der Waals surface area contributed by atoms with E-state index in [1.54, 1.807) is 0 Å². The van der Waals surface area contributed by atoms with Gasteiger partial charge in [0.1, 0.15) is 0 Å². The third kappa shape index (κ3) is 3.94. The Hall–Kier alpha value is -0.990. The Morgan fingerprint density at radius 1 is 1.13 bits per heavy atom. The molecule has 0 unspecified atom stereocenters. The molecule has 0 N–H and O–H groups in total. The van der Waals surface area contributed by atoms with Gasteiger partial charge in [0.25, 0.3) is 0 Å². The van der Waals surface area contributed by atoms with Crippen molar-refractivity contribution in [1.82, 2.24) is 9.80 Å². The van der Waals surface area contributed by atoms with Crippen molar-refractivity contribution in [1.29, 1.82) is 0 Å². The number of aliphatic imine (C=N–C) groups is 1. The maximum absolute atomic E-state index is 4.37. The van der Waals surface area contributed by atoms with Gasteiger partial charge >= 0.3 is 0 Å². The first kappa shape index (κ1) is 14.0. The summed E-state index contributed by atoms with van der Waals surface area (Å²) in [5.41, 5.74) is 0. The minimum absolute atomic E-state index is 0.418. The highest BCUT2D eigenvalue weighted by Gasteiger charge is 2.17. The van der Waals surface area contributed by atoms with E-state index >= 15 is 0 Å². The summed E-state index contributed by atoms with van der Waals surface area (Å²) in [6.07, 6.45) is 4.12. The second-order valence-corrected chi connectivity index (χ2v) is 4.21. The van der Waals surface area contributed by atoms with Crippen molar-refractivity contribution in [2.45, 2.75) is 46.7 Å². The summed E-state index contributed by atoms with van der Waals surface area (Å²) in [6, 6.07) is 0.872. The van der Waals surface area contributed by atoms with Crippen LogP contribution in [0.5, 0.6) is 0 Å². The molecule has 0 aliphatic heterocycles. The topological polar surface area (TPSA) is 18.8 Å². The first-order valence-corrected chi connectivity index (χ1v) is 5.56. The predicted octanol–water partition coefficient (Wildman–Crippen LogP) is 2.56. The molecule has 0 spiro atoms. The molecule has 0 fully saturated rings. The van der Waals surface area contributed by atoms with E-state index < -0.39 is 0 Å². The van der Waals surface area contributed by atoms with Crippen LogP contribution >= 0.6 is 0 Å². The van der Waals surface area contributed by atoms with E-state index in [4.69, 9.17) is 0 Å². The summed E-state index contributed by atoms with van der Waals surface area (Å²) in [4.78, 5) is 8.73. The van der Waals surface area contributed by atoms with Gasteiger partial charge < -0.3 is 9.80 Å². The molecule has 15 heavy (non-hydrogen) atoms. The highest BCUT2D eigenvalue weighted by Crippen LogP contribution is 2.07. The summed E-state index contributed by atoms with van der Waals surface area (Å²) in [5, 5.41) is 0. The third-order valence-corrected chi connectivity index (χ3v) is 2.39. The molecular formula is C12H25N3. The molecule has 0 amide bonds. The van der Waals surface area contributed by atoms with Crippen LogP contribution in [0.1, 0.15) is 34.6 Å². The Morgan fingerprint density at radius 3 is 1.93 bits per heavy atom. The summed E-state index contributed by atoms with van der Waals surface area (Å²) in [7, 11) is 3.92. The quantitative estimate of drug-likeness (QED) is 0.528. The summed E-state index contributed by atoms with van der Waals surface area (Å²) >= 11 is 0. The molecule has 0 saturated heterocycles. The van der Waals surface area contributed by atoms with E-state index in [2.05, 4.69) is 55.7 Å². The lowest BCUT2D eigenvalue weighted by atomic mass is 10.3. The van der Waals surface area contributed by atoms with Gasteiger partial charge in [-0.1, -0.05) is 6.08 Å². The van der Waals surface area contributed by atoms with Crippen molar-refractivity contribution >= 4 is 5.96 Å². The fraction of sp³-hybridized carbons (Fsp3) is 0.750. The Labute approximate surface area is 94.5 Å². The maximum Gasteiger partial charge on any atom is 0.200 e. The number of nitrogens with zero attached hydrogens (tertiary/aromatic N) is 3. The average Bonchev–Trinajstić information content (AvgIpc) is 2.16. The molecule has 0 saturated carbocycles. The van der Waals surface area contributed by atoms with Gasteiger partial charge in [-0.3, -0.25) is 4.99 Å². The zero-order chi connectivity index (χ0) is 12.0. The summed E-state index contributed by atoms with van der Waals surface area (Å²) < 4.78 is 0. The highest BCUT2D eigenvalue weighted by molar-refractivity contribution is 5.81. The Bertz CT molecular complexity index is 229. The molecule has 0 radical (unpaired) electrons. The molecule has 0 aliphatic rings. The van der Waals surface area contributed by atoms with Gasteiger partial charge in [0.2, 0.25) is 5.96 Å². The van der Waals surface area contributed by atoms with E-state index in [1.807, 2.05) is 20.0 Å². The fourth-order valence-corrected chi connectivity index (χ4v) is 1.32. The third-order valence-electron chi connectivity index (χ3n) is 2.39. The van der Waals surface area contributed by atoms with Gasteiger partial charge in [0.15, 0.2) is 0 Å². The second kappa shape index (κ2) is 6.49. The van der Waals surface area contributed by atoms with Crippen LogP contribution in [0.15, 0.2) is 17.3 Å². The van der Waals surface area contributed by atoms with Crippen LogP contribution in [0.25, 0.3) is 0 Å². The molecule has 0 aliphatic carbocycles. The van der Waals surface area contributed by atoms with Crippen molar-refractivity contribution in [2.24, 2.45) is 4.99 Å². The molecule has 0 aromatic rings. The molecule has 0 atom stereocenters. The number of guanidine groups is 1. The van der Waals surface area contributed by atoms with E-state index in [0.29, 0.717) is 12.1 Å². The fourth-order valence-electron chi connectivity index (χ4n) is 1.32. The molecule has 0 bridgehead atoms. The van der Waals surface area contributed by atoms with Crippen molar-refractivity contribution in [3.8, 4) is 0 Å². The lowest BCUT2D eigenvalue weighted by molar-refractivity contribution is 0.332. The molecule has 0 rings (SSSR count). The lowest BCUT2D eigenvalue weighted by Gasteiger charge is -2.34. The van der Waals surface area contributed by atoms with Gasteiger partial charge in [-0.25, -0.2) is 0 Å². The Kier molecular flexibility index (Phi) is 6.06. The Balaban J connectivity index is 4.92. The van der Waals surface area contributed by atoms with E-state index in [1.165, 1.54) is 0 Å². The van der Waals surface area contributed by atoms with Crippen LogP contribution in [0.2, 0.25) is 0 Å². The maximum atomic E-state index is 4.37. The number of hydrogen-bond acceptors (Lipinski definition) is 1. The first-order chi connectivity index (χ1) is 6.95. The molecule has 88 valence electrons. The van der Waals surface area contributed by atoms with Crippen LogP contribution in [-0.2, 0) is 0 Å². The van der Waals surface area contributed by atoms with Gasteiger partial charge in [-0.2, -0.15) is 0 Å². The van der Waals surface area contributed by atoms with Crippen LogP contribution < -0.4 is 0 Å². The molecule has 0 heterocycles. The minimum Gasteiger partial charge on any atom is -0.343 e. The van der Waals surface area contributed by atoms with Crippen LogP contribution in [0.4, 0.5) is 0 Å². The standard InChI is InChI=1S/C12H25N3/c1-8-9-15(11(4)5)12(13-6)14(7)10(2)3/h8-11H,1-7H3/b9-8-,13-12-. The average molecular weight is 211 g/mol. The van der Waals surface area contributed by atoms with E-state index in [-0.39, 0.29) is 0 Å². The van der Waals surface area contributed by atoms with Crippen molar-refractivity contribution in [3.05, 3.63) is 12.3 Å². The van der Waals surface area contributed by atoms with Gasteiger partial charge in [-0.15, -0.1) is 0 Å². The zero-order valence-electron chi connectivity index (χ0n) is 11.2. The molecular weight excluding hydrogens is 186 g/mol. The lowest BCUT2D eigenvalue weighted by Crippen LogP contribution is -2.45. The zero-order valence-corrected chi connectivity index (χ0v) is 11.2. The van der Waals surface area contributed by atoms with Gasteiger partial charge in [0, 0.05) is 32.4 Å². The van der Waals surface area contributed by atoms with Crippen molar-refractivity contribution < 1.29 is 0 Å². The number of rotatable bonds is 3. The molecule has 0 aromatic heterocycles. The number of allylic oxidation sites excluding steroid dienone is 1. The molecule has 0 aromatic carbocycles. The molecule has 3 heteroatoms. The van der Waals surface area contributed by atoms with E-state index in [0.717, 1.165) is 5.96 Å².